The minimum absolute atomic E-state index is 0.154. The Balaban J connectivity index is 2.43. The van der Waals surface area contributed by atoms with Gasteiger partial charge in [0.1, 0.15) is 11.4 Å². The van der Waals surface area contributed by atoms with E-state index in [4.69, 9.17) is 9.47 Å². The van der Waals surface area contributed by atoms with E-state index in [0.29, 0.717) is 11.4 Å². The van der Waals surface area contributed by atoms with Gasteiger partial charge in [-0.25, -0.2) is 4.79 Å². The van der Waals surface area contributed by atoms with Crippen LogP contribution in [0.25, 0.3) is 0 Å². The molecule has 2 aromatic carbocycles. The summed E-state index contributed by atoms with van der Waals surface area (Å²) in [6, 6.07) is 11.0. The molecule has 0 fully saturated rings. The van der Waals surface area contributed by atoms with E-state index in [2.05, 4.69) is 5.32 Å². The van der Waals surface area contributed by atoms with E-state index in [-0.39, 0.29) is 16.9 Å². The number of ether oxygens (including phenoxy) is 2. The van der Waals surface area contributed by atoms with Crippen molar-refractivity contribution >= 4 is 23.0 Å². The summed E-state index contributed by atoms with van der Waals surface area (Å²) < 4.78 is 9.68. The standard InChI is InChI=1S/C15H14N2O5/c1-21-10-7-8-13(14(9-10)17(19)20)16-12-6-4-3-5-11(12)15(18)22-2/h3-9,16H,1-2H3. The number of nitro groups is 1. The molecule has 22 heavy (non-hydrogen) atoms. The zero-order chi connectivity index (χ0) is 16.1. The SMILES string of the molecule is COC(=O)c1ccccc1Nc1ccc(OC)cc1[N+](=O)[O-]. The number of rotatable bonds is 5. The number of nitrogens with zero attached hydrogens (tertiary/aromatic N) is 1. The fourth-order valence-corrected chi connectivity index (χ4v) is 1.92. The molecule has 7 nitrogen and oxygen atoms in total. The number of anilines is 2. The minimum atomic E-state index is -0.528. The molecule has 0 aromatic heterocycles. The van der Waals surface area contributed by atoms with E-state index >= 15 is 0 Å². The van der Waals surface area contributed by atoms with Gasteiger partial charge in [-0.2, -0.15) is 0 Å². The van der Waals surface area contributed by atoms with Crippen LogP contribution in [0.15, 0.2) is 42.5 Å². The molecule has 1 N–H and O–H groups in total. The molecular formula is C15H14N2O5. The maximum Gasteiger partial charge on any atom is 0.339 e. The van der Waals surface area contributed by atoms with E-state index in [9.17, 15) is 14.9 Å². The molecular weight excluding hydrogens is 288 g/mol. The molecule has 0 aliphatic heterocycles. The van der Waals surface area contributed by atoms with E-state index in [1.165, 1.54) is 26.4 Å². The Morgan fingerprint density at radius 2 is 1.86 bits per heavy atom. The Kier molecular flexibility index (Phi) is 4.57. The third-order valence-corrected chi connectivity index (χ3v) is 3.00. The molecule has 0 aliphatic carbocycles. The molecule has 0 saturated carbocycles. The van der Waals surface area contributed by atoms with E-state index in [1.807, 2.05) is 0 Å². The van der Waals surface area contributed by atoms with Crippen LogP contribution in [0.1, 0.15) is 10.4 Å². The molecule has 7 heteroatoms. The Hall–Kier alpha value is -3.09. The molecule has 0 bridgehead atoms. The highest BCUT2D eigenvalue weighted by atomic mass is 16.6. The molecule has 0 aliphatic rings. The second kappa shape index (κ2) is 6.57. The third kappa shape index (κ3) is 3.14. The summed E-state index contributed by atoms with van der Waals surface area (Å²) in [5.41, 5.74) is 0.805. The first-order valence-corrected chi connectivity index (χ1v) is 6.33. The number of methoxy groups -OCH3 is 2. The van der Waals surface area contributed by atoms with Crippen molar-refractivity contribution < 1.29 is 19.2 Å². The molecule has 0 unspecified atom stereocenters. The Bertz CT molecular complexity index is 715. The summed E-state index contributed by atoms with van der Waals surface area (Å²) in [4.78, 5) is 22.4. The van der Waals surface area contributed by atoms with Crippen LogP contribution in [-0.2, 0) is 4.74 Å². The van der Waals surface area contributed by atoms with E-state index < -0.39 is 10.9 Å². The van der Waals surface area contributed by atoms with Crippen LogP contribution in [0, 0.1) is 10.1 Å². The number of carbonyl (C=O) groups excluding carboxylic acids is 1. The molecule has 0 heterocycles. The first-order chi connectivity index (χ1) is 10.6. The van der Waals surface area contributed by atoms with Gasteiger partial charge in [-0.1, -0.05) is 12.1 Å². The van der Waals surface area contributed by atoms with Crippen LogP contribution in [0.5, 0.6) is 5.75 Å². The second-order valence-corrected chi connectivity index (χ2v) is 4.30. The fourth-order valence-electron chi connectivity index (χ4n) is 1.92. The van der Waals surface area contributed by atoms with Crippen molar-refractivity contribution in [3.05, 3.63) is 58.1 Å². The van der Waals surface area contributed by atoms with Gasteiger partial charge in [-0.15, -0.1) is 0 Å². The number of benzene rings is 2. The number of carbonyl (C=O) groups is 1. The zero-order valence-electron chi connectivity index (χ0n) is 12.0. The summed E-state index contributed by atoms with van der Waals surface area (Å²) in [5, 5.41) is 14.1. The van der Waals surface area contributed by atoms with Gasteiger partial charge in [0, 0.05) is 0 Å². The van der Waals surface area contributed by atoms with Gasteiger partial charge in [0.2, 0.25) is 0 Å². The molecule has 2 rings (SSSR count). The zero-order valence-corrected chi connectivity index (χ0v) is 12.0. The van der Waals surface area contributed by atoms with Crippen molar-refractivity contribution in [1.82, 2.24) is 0 Å². The molecule has 0 amide bonds. The van der Waals surface area contributed by atoms with Gasteiger partial charge >= 0.3 is 5.97 Å². The summed E-state index contributed by atoms with van der Waals surface area (Å²) in [6.07, 6.45) is 0. The van der Waals surface area contributed by atoms with Gasteiger partial charge in [-0.3, -0.25) is 10.1 Å². The van der Waals surface area contributed by atoms with Crippen LogP contribution < -0.4 is 10.1 Å². The summed E-state index contributed by atoms with van der Waals surface area (Å²) in [6.45, 7) is 0. The van der Waals surface area contributed by atoms with Gasteiger partial charge in [-0.05, 0) is 24.3 Å². The number of nitrogens with one attached hydrogen (secondary N) is 1. The second-order valence-electron chi connectivity index (χ2n) is 4.30. The molecule has 2 aromatic rings. The minimum Gasteiger partial charge on any atom is -0.496 e. The van der Waals surface area contributed by atoms with Crippen molar-refractivity contribution in [2.75, 3.05) is 19.5 Å². The lowest BCUT2D eigenvalue weighted by Crippen LogP contribution is -2.06. The highest BCUT2D eigenvalue weighted by molar-refractivity contribution is 5.96. The molecule has 0 atom stereocenters. The van der Waals surface area contributed by atoms with Crippen LogP contribution in [0.2, 0.25) is 0 Å². The number of hydrogen-bond acceptors (Lipinski definition) is 6. The lowest BCUT2D eigenvalue weighted by atomic mass is 10.1. The molecule has 0 saturated heterocycles. The van der Waals surface area contributed by atoms with Gasteiger partial charge in [0.05, 0.1) is 36.5 Å². The Morgan fingerprint density at radius 3 is 2.50 bits per heavy atom. The number of nitro benzene ring substituents is 1. The van der Waals surface area contributed by atoms with Crippen molar-refractivity contribution in [2.45, 2.75) is 0 Å². The number of hydrogen-bond donors (Lipinski definition) is 1. The predicted octanol–water partition coefficient (Wildman–Crippen LogP) is 3.13. The Labute approximate surface area is 126 Å². The molecule has 114 valence electrons. The fraction of sp³-hybridized carbons (Fsp3) is 0.133. The first kappa shape index (κ1) is 15.3. The van der Waals surface area contributed by atoms with Crippen molar-refractivity contribution in [3.8, 4) is 5.75 Å². The lowest BCUT2D eigenvalue weighted by Gasteiger charge is -2.11. The first-order valence-electron chi connectivity index (χ1n) is 6.33. The summed E-state index contributed by atoms with van der Waals surface area (Å²) >= 11 is 0. The van der Waals surface area contributed by atoms with Crippen molar-refractivity contribution in [2.24, 2.45) is 0 Å². The quantitative estimate of drug-likeness (QED) is 0.518. The van der Waals surface area contributed by atoms with Crippen LogP contribution in [0.3, 0.4) is 0 Å². The highest BCUT2D eigenvalue weighted by Crippen LogP contribution is 2.32. The summed E-state index contributed by atoms with van der Waals surface area (Å²) in [7, 11) is 2.70. The predicted molar refractivity (Wildman–Crippen MR) is 80.7 cm³/mol. The van der Waals surface area contributed by atoms with Crippen LogP contribution in [-0.4, -0.2) is 25.1 Å². The topological polar surface area (TPSA) is 90.7 Å². The Morgan fingerprint density at radius 1 is 1.14 bits per heavy atom. The molecule has 0 spiro atoms. The average molecular weight is 302 g/mol. The van der Waals surface area contributed by atoms with Gasteiger partial charge in [0.25, 0.3) is 5.69 Å². The van der Waals surface area contributed by atoms with Gasteiger partial charge < -0.3 is 14.8 Å². The van der Waals surface area contributed by atoms with Crippen molar-refractivity contribution in [1.29, 1.82) is 0 Å². The lowest BCUT2D eigenvalue weighted by molar-refractivity contribution is -0.384. The average Bonchev–Trinajstić information content (AvgIpc) is 2.54. The van der Waals surface area contributed by atoms with E-state index in [0.717, 1.165) is 0 Å². The van der Waals surface area contributed by atoms with Gasteiger partial charge in [0.15, 0.2) is 0 Å². The smallest absolute Gasteiger partial charge is 0.339 e. The highest BCUT2D eigenvalue weighted by Gasteiger charge is 2.18. The largest absolute Gasteiger partial charge is 0.496 e. The summed E-state index contributed by atoms with van der Waals surface area (Å²) in [5.74, 6) is -0.155. The third-order valence-electron chi connectivity index (χ3n) is 3.00. The normalized spacial score (nSPS) is 9.91. The monoisotopic (exact) mass is 302 g/mol. The maximum atomic E-state index is 11.7. The van der Waals surface area contributed by atoms with Crippen molar-refractivity contribution in [3.63, 3.8) is 0 Å². The van der Waals surface area contributed by atoms with Crippen LogP contribution in [0.4, 0.5) is 17.1 Å². The molecule has 0 radical (unpaired) electrons. The number of esters is 1. The number of para-hydroxylation sites is 1. The maximum absolute atomic E-state index is 11.7. The van der Waals surface area contributed by atoms with E-state index in [1.54, 1.807) is 30.3 Å². The van der Waals surface area contributed by atoms with Crippen LogP contribution >= 0.6 is 0 Å².